The molecule has 3 nitrogen and oxygen atoms in total. The van der Waals surface area contributed by atoms with Crippen molar-refractivity contribution in [3.63, 3.8) is 0 Å². The molecule has 2 N–H and O–H groups in total. The number of para-hydroxylation sites is 1. The minimum absolute atomic E-state index is 0.183. The molecule has 0 amide bonds. The molecule has 0 aliphatic heterocycles. The van der Waals surface area contributed by atoms with Crippen LogP contribution in [-0.4, -0.2) is 31.3 Å². The van der Waals surface area contributed by atoms with Gasteiger partial charge in [0.2, 0.25) is 0 Å². The molecule has 0 bridgehead atoms. The Labute approximate surface area is 111 Å². The zero-order valence-corrected chi connectivity index (χ0v) is 12.0. The van der Waals surface area contributed by atoms with E-state index in [9.17, 15) is 5.11 Å². The maximum Gasteiger partial charge on any atom is 0.0606 e. The van der Waals surface area contributed by atoms with Crippen LogP contribution in [0.3, 0.4) is 0 Å². The van der Waals surface area contributed by atoms with E-state index in [0.717, 1.165) is 6.42 Å². The van der Waals surface area contributed by atoms with E-state index in [1.54, 1.807) is 0 Å². The summed E-state index contributed by atoms with van der Waals surface area (Å²) < 4.78 is 0. The summed E-state index contributed by atoms with van der Waals surface area (Å²) in [6.45, 7) is 7.36. The molecular weight excluding hydrogens is 224 g/mol. The van der Waals surface area contributed by atoms with E-state index in [2.05, 4.69) is 55.3 Å². The first-order chi connectivity index (χ1) is 8.65. The molecule has 1 aromatic rings. The number of aliphatic hydroxyl groups is 1. The molecule has 1 rings (SSSR count). The fraction of sp³-hybridized carbons (Fsp3) is 0.600. The number of anilines is 1. The van der Waals surface area contributed by atoms with Crippen LogP contribution in [0.2, 0.25) is 0 Å². The highest BCUT2D eigenvalue weighted by molar-refractivity contribution is 5.55. The highest BCUT2D eigenvalue weighted by Gasteiger charge is 2.17. The monoisotopic (exact) mass is 250 g/mol. The van der Waals surface area contributed by atoms with Crippen LogP contribution in [0.4, 0.5) is 5.69 Å². The average molecular weight is 250 g/mol. The number of hydrogen-bond donors (Lipinski definition) is 2. The molecule has 1 aromatic carbocycles. The largest absolute Gasteiger partial charge is 0.395 e. The summed E-state index contributed by atoms with van der Waals surface area (Å²) in [4.78, 5) is 2.26. The maximum absolute atomic E-state index is 9.23. The average Bonchev–Trinajstić information content (AvgIpc) is 2.38. The van der Waals surface area contributed by atoms with E-state index in [-0.39, 0.29) is 6.61 Å². The number of rotatable bonds is 7. The maximum atomic E-state index is 9.23. The molecule has 0 radical (unpaired) electrons. The van der Waals surface area contributed by atoms with Crippen molar-refractivity contribution < 1.29 is 5.11 Å². The van der Waals surface area contributed by atoms with Gasteiger partial charge in [0.15, 0.2) is 0 Å². The Balaban J connectivity index is 3.12. The highest BCUT2D eigenvalue weighted by Crippen LogP contribution is 2.29. The number of benzene rings is 1. The predicted molar refractivity (Wildman–Crippen MR) is 78.1 cm³/mol. The van der Waals surface area contributed by atoms with Crippen molar-refractivity contribution in [3.8, 4) is 0 Å². The van der Waals surface area contributed by atoms with E-state index >= 15 is 0 Å². The number of nitrogens with zero attached hydrogens (tertiary/aromatic N) is 1. The van der Waals surface area contributed by atoms with Crippen LogP contribution in [0.25, 0.3) is 0 Å². The van der Waals surface area contributed by atoms with Crippen molar-refractivity contribution >= 4 is 5.69 Å². The first-order valence-corrected chi connectivity index (χ1v) is 6.79. The van der Waals surface area contributed by atoms with E-state index in [1.807, 2.05) is 7.05 Å². The molecule has 0 aliphatic carbocycles. The molecule has 1 unspecified atom stereocenters. The van der Waals surface area contributed by atoms with Gasteiger partial charge in [-0.05, 0) is 38.9 Å². The Hall–Kier alpha value is -1.06. The molecule has 0 saturated carbocycles. The van der Waals surface area contributed by atoms with Crippen molar-refractivity contribution in [2.24, 2.45) is 0 Å². The molecule has 0 spiro atoms. The van der Waals surface area contributed by atoms with Gasteiger partial charge in [-0.2, -0.15) is 0 Å². The lowest BCUT2D eigenvalue weighted by molar-refractivity contribution is 0.299. The summed E-state index contributed by atoms with van der Waals surface area (Å²) in [6.07, 6.45) is 1.05. The van der Waals surface area contributed by atoms with Crippen LogP contribution in [0.15, 0.2) is 24.3 Å². The lowest BCUT2D eigenvalue weighted by Gasteiger charge is -2.32. The standard InChI is InChI=1S/C15H26N2O/c1-5-14(16-4)13-8-6-7-9-15(13)17(10-11-18)12(2)3/h6-9,12,14,16,18H,5,10-11H2,1-4H3. The molecular formula is C15H26N2O. The van der Waals surface area contributed by atoms with Crippen molar-refractivity contribution in [1.29, 1.82) is 0 Å². The van der Waals surface area contributed by atoms with Crippen molar-refractivity contribution in [1.82, 2.24) is 5.32 Å². The van der Waals surface area contributed by atoms with Crippen LogP contribution in [-0.2, 0) is 0 Å². The Bertz CT molecular complexity index is 348. The number of hydrogen-bond acceptors (Lipinski definition) is 3. The zero-order valence-electron chi connectivity index (χ0n) is 12.0. The van der Waals surface area contributed by atoms with Crippen molar-refractivity contribution in [2.75, 3.05) is 25.1 Å². The third kappa shape index (κ3) is 3.47. The van der Waals surface area contributed by atoms with Gasteiger partial charge in [-0.15, -0.1) is 0 Å². The lowest BCUT2D eigenvalue weighted by atomic mass is 10.0. The summed E-state index contributed by atoms with van der Waals surface area (Å²) >= 11 is 0. The fourth-order valence-electron chi connectivity index (χ4n) is 2.39. The smallest absolute Gasteiger partial charge is 0.0606 e. The molecule has 0 heterocycles. The van der Waals surface area contributed by atoms with Gasteiger partial charge in [-0.25, -0.2) is 0 Å². The molecule has 3 heteroatoms. The van der Waals surface area contributed by atoms with Gasteiger partial charge in [0.1, 0.15) is 0 Å². The van der Waals surface area contributed by atoms with Gasteiger partial charge < -0.3 is 15.3 Å². The molecule has 0 saturated heterocycles. The molecule has 1 atom stereocenters. The molecule has 0 aliphatic rings. The highest BCUT2D eigenvalue weighted by atomic mass is 16.3. The Morgan fingerprint density at radius 3 is 2.44 bits per heavy atom. The van der Waals surface area contributed by atoms with Crippen molar-refractivity contribution in [2.45, 2.75) is 39.3 Å². The molecule has 0 aromatic heterocycles. The van der Waals surface area contributed by atoms with E-state index in [4.69, 9.17) is 0 Å². The van der Waals surface area contributed by atoms with Crippen LogP contribution >= 0.6 is 0 Å². The summed E-state index contributed by atoms with van der Waals surface area (Å²) in [5, 5.41) is 12.6. The first-order valence-electron chi connectivity index (χ1n) is 6.79. The number of nitrogens with one attached hydrogen (secondary N) is 1. The topological polar surface area (TPSA) is 35.5 Å². The quantitative estimate of drug-likeness (QED) is 0.780. The first kappa shape index (κ1) is 15.0. The third-order valence-electron chi connectivity index (χ3n) is 3.34. The minimum Gasteiger partial charge on any atom is -0.395 e. The van der Waals surface area contributed by atoms with Gasteiger partial charge in [0.25, 0.3) is 0 Å². The third-order valence-corrected chi connectivity index (χ3v) is 3.34. The zero-order chi connectivity index (χ0) is 13.5. The van der Waals surface area contributed by atoms with Gasteiger partial charge in [-0.1, -0.05) is 25.1 Å². The Kier molecular flexibility index (Phi) is 6.16. The minimum atomic E-state index is 0.183. The molecule has 0 fully saturated rings. The molecule has 102 valence electrons. The second-order valence-electron chi connectivity index (χ2n) is 4.82. The lowest BCUT2D eigenvalue weighted by Crippen LogP contribution is -2.35. The SMILES string of the molecule is CCC(NC)c1ccccc1N(CCO)C(C)C. The number of aliphatic hydroxyl groups excluding tert-OH is 1. The predicted octanol–water partition coefficient (Wildman–Crippen LogP) is 2.56. The Morgan fingerprint density at radius 1 is 1.28 bits per heavy atom. The second kappa shape index (κ2) is 7.39. The van der Waals surface area contributed by atoms with Crippen LogP contribution in [0.1, 0.15) is 38.8 Å². The summed E-state index contributed by atoms with van der Waals surface area (Å²) in [5.41, 5.74) is 2.53. The van der Waals surface area contributed by atoms with E-state index in [1.165, 1.54) is 11.3 Å². The normalized spacial score (nSPS) is 12.8. The Morgan fingerprint density at radius 2 is 1.94 bits per heavy atom. The van der Waals surface area contributed by atoms with Crippen molar-refractivity contribution in [3.05, 3.63) is 29.8 Å². The fourth-order valence-corrected chi connectivity index (χ4v) is 2.39. The van der Waals surface area contributed by atoms with Crippen LogP contribution < -0.4 is 10.2 Å². The van der Waals surface area contributed by atoms with Gasteiger partial charge in [-0.3, -0.25) is 0 Å². The summed E-state index contributed by atoms with van der Waals surface area (Å²) in [7, 11) is 2.00. The van der Waals surface area contributed by atoms with E-state index < -0.39 is 0 Å². The van der Waals surface area contributed by atoms with Gasteiger partial charge in [0, 0.05) is 24.3 Å². The summed E-state index contributed by atoms with van der Waals surface area (Å²) in [5.74, 6) is 0. The van der Waals surface area contributed by atoms with E-state index in [0.29, 0.717) is 18.6 Å². The second-order valence-corrected chi connectivity index (χ2v) is 4.82. The van der Waals surface area contributed by atoms with Gasteiger partial charge >= 0.3 is 0 Å². The summed E-state index contributed by atoms with van der Waals surface area (Å²) in [6, 6.07) is 9.20. The van der Waals surface area contributed by atoms with Gasteiger partial charge in [0.05, 0.1) is 6.61 Å². The van der Waals surface area contributed by atoms with Crippen LogP contribution in [0, 0.1) is 0 Å². The van der Waals surface area contributed by atoms with Crippen LogP contribution in [0.5, 0.6) is 0 Å². The molecule has 18 heavy (non-hydrogen) atoms.